The van der Waals surface area contributed by atoms with Crippen LogP contribution in [0.5, 0.6) is 5.75 Å². The van der Waals surface area contributed by atoms with Gasteiger partial charge in [-0.15, -0.1) is 0 Å². The fourth-order valence-corrected chi connectivity index (χ4v) is 3.76. The van der Waals surface area contributed by atoms with Crippen LogP contribution in [-0.2, 0) is 0 Å². The number of pyridine rings is 1. The number of rotatable bonds is 3. The van der Waals surface area contributed by atoms with Crippen LogP contribution < -0.4 is 0 Å². The maximum absolute atomic E-state index is 10.9. The summed E-state index contributed by atoms with van der Waals surface area (Å²) in [5, 5.41) is 11.9. The predicted octanol–water partition coefficient (Wildman–Crippen LogP) is 4.52. The average molecular weight is 318 g/mol. The highest BCUT2D eigenvalue weighted by atomic mass is 16.3. The van der Waals surface area contributed by atoms with E-state index in [1.807, 2.05) is 18.2 Å². The number of benzene rings is 2. The van der Waals surface area contributed by atoms with Crippen molar-refractivity contribution in [1.29, 1.82) is 0 Å². The smallest absolute Gasteiger partial charge is 0.146 e. The number of aromatic hydroxyl groups is 1. The molecule has 1 unspecified atom stereocenters. The van der Waals surface area contributed by atoms with Crippen molar-refractivity contribution >= 4 is 10.9 Å². The van der Waals surface area contributed by atoms with Gasteiger partial charge in [-0.1, -0.05) is 55.0 Å². The van der Waals surface area contributed by atoms with Crippen LogP contribution in [0.3, 0.4) is 0 Å². The van der Waals surface area contributed by atoms with Crippen molar-refractivity contribution < 1.29 is 5.11 Å². The zero-order chi connectivity index (χ0) is 16.4. The summed E-state index contributed by atoms with van der Waals surface area (Å²) < 4.78 is 0. The molecule has 0 spiro atoms. The van der Waals surface area contributed by atoms with Crippen LogP contribution in [0.2, 0.25) is 0 Å². The molecule has 3 nitrogen and oxygen atoms in total. The predicted molar refractivity (Wildman–Crippen MR) is 97.1 cm³/mol. The highest BCUT2D eigenvalue weighted by Gasteiger charge is 2.26. The third kappa shape index (κ3) is 2.76. The fourth-order valence-electron chi connectivity index (χ4n) is 3.76. The summed E-state index contributed by atoms with van der Waals surface area (Å²) >= 11 is 0. The van der Waals surface area contributed by atoms with Gasteiger partial charge in [0.25, 0.3) is 0 Å². The molecule has 0 amide bonds. The summed E-state index contributed by atoms with van der Waals surface area (Å²) in [6.07, 6.45) is 5.47. The first-order valence-corrected chi connectivity index (χ1v) is 8.70. The Morgan fingerprint density at radius 3 is 2.46 bits per heavy atom. The van der Waals surface area contributed by atoms with E-state index in [4.69, 9.17) is 0 Å². The van der Waals surface area contributed by atoms with Crippen molar-refractivity contribution in [2.24, 2.45) is 0 Å². The minimum absolute atomic E-state index is 0.0814. The molecule has 4 rings (SSSR count). The number of hydrogen-bond acceptors (Lipinski definition) is 3. The van der Waals surface area contributed by atoms with Gasteiger partial charge in [0.2, 0.25) is 0 Å². The van der Waals surface area contributed by atoms with Crippen LogP contribution in [0.1, 0.15) is 36.4 Å². The van der Waals surface area contributed by atoms with Crippen molar-refractivity contribution in [1.82, 2.24) is 9.88 Å². The number of aromatic nitrogens is 1. The fraction of sp³-hybridized carbons (Fsp3) is 0.286. The lowest BCUT2D eigenvalue weighted by Gasteiger charge is -2.35. The van der Waals surface area contributed by atoms with E-state index in [2.05, 4.69) is 46.3 Å². The summed E-state index contributed by atoms with van der Waals surface area (Å²) in [5.41, 5.74) is 2.87. The van der Waals surface area contributed by atoms with E-state index in [1.165, 1.54) is 24.8 Å². The molecule has 1 N–H and O–H groups in total. The van der Waals surface area contributed by atoms with Gasteiger partial charge in [0.15, 0.2) is 0 Å². The Bertz CT molecular complexity index is 826. The Morgan fingerprint density at radius 1 is 0.875 bits per heavy atom. The summed E-state index contributed by atoms with van der Waals surface area (Å²) in [4.78, 5) is 6.88. The van der Waals surface area contributed by atoms with Crippen LogP contribution >= 0.6 is 0 Å². The maximum atomic E-state index is 10.9. The molecule has 1 atom stereocenters. The SMILES string of the molecule is Oc1c(C(c2ccccc2)N2CCCCC2)ccc2cccnc12. The largest absolute Gasteiger partial charge is 0.505 e. The second kappa shape index (κ2) is 6.62. The number of hydrogen-bond donors (Lipinski definition) is 1. The zero-order valence-corrected chi connectivity index (χ0v) is 13.7. The highest BCUT2D eigenvalue weighted by Crippen LogP contribution is 2.38. The number of likely N-dealkylation sites (tertiary alicyclic amines) is 1. The molecule has 0 radical (unpaired) electrons. The van der Waals surface area contributed by atoms with Gasteiger partial charge in [0, 0.05) is 17.1 Å². The summed E-state index contributed by atoms with van der Waals surface area (Å²) in [6, 6.07) is 18.6. The van der Waals surface area contributed by atoms with Crippen LogP contribution in [0.25, 0.3) is 10.9 Å². The lowest BCUT2D eigenvalue weighted by atomic mass is 9.93. The van der Waals surface area contributed by atoms with Crippen molar-refractivity contribution in [2.75, 3.05) is 13.1 Å². The Labute approximate surface area is 142 Å². The lowest BCUT2D eigenvalue weighted by Crippen LogP contribution is -2.34. The van der Waals surface area contributed by atoms with Crippen LogP contribution in [0.15, 0.2) is 60.8 Å². The first-order chi connectivity index (χ1) is 11.8. The molecule has 0 saturated carbocycles. The topological polar surface area (TPSA) is 36.4 Å². The van der Waals surface area contributed by atoms with Gasteiger partial charge in [-0.05, 0) is 37.6 Å². The second-order valence-electron chi connectivity index (χ2n) is 6.49. The second-order valence-corrected chi connectivity index (χ2v) is 6.49. The molecule has 1 aliphatic heterocycles. The summed E-state index contributed by atoms with van der Waals surface area (Å²) in [7, 11) is 0. The number of fused-ring (bicyclic) bond motifs is 1. The van der Waals surface area contributed by atoms with E-state index >= 15 is 0 Å². The number of phenols is 1. The van der Waals surface area contributed by atoms with Crippen molar-refractivity contribution in [2.45, 2.75) is 25.3 Å². The normalized spacial score (nSPS) is 17.0. The van der Waals surface area contributed by atoms with Gasteiger partial charge in [-0.25, -0.2) is 0 Å². The Balaban J connectivity index is 1.85. The monoisotopic (exact) mass is 318 g/mol. The molecule has 0 aliphatic carbocycles. The van der Waals surface area contributed by atoms with Crippen LogP contribution in [-0.4, -0.2) is 28.1 Å². The molecule has 1 fully saturated rings. The first-order valence-electron chi connectivity index (χ1n) is 8.70. The van der Waals surface area contributed by atoms with Gasteiger partial charge in [0.1, 0.15) is 11.3 Å². The van der Waals surface area contributed by atoms with Gasteiger partial charge >= 0.3 is 0 Å². The minimum Gasteiger partial charge on any atom is -0.505 e. The van der Waals surface area contributed by atoms with Crippen molar-refractivity contribution in [3.8, 4) is 5.75 Å². The summed E-state index contributed by atoms with van der Waals surface area (Å²) in [5.74, 6) is 0.313. The Hall–Kier alpha value is -2.39. The third-order valence-electron chi connectivity index (χ3n) is 4.94. The average Bonchev–Trinajstić information content (AvgIpc) is 2.66. The molecule has 122 valence electrons. The molecular formula is C21H22N2O. The maximum Gasteiger partial charge on any atom is 0.146 e. The molecule has 3 heteroatoms. The molecule has 24 heavy (non-hydrogen) atoms. The van der Waals surface area contributed by atoms with E-state index in [0.29, 0.717) is 11.3 Å². The number of phenolic OH excluding ortho intramolecular Hbond substituents is 1. The molecule has 2 aromatic carbocycles. The molecule has 0 bridgehead atoms. The molecule has 1 saturated heterocycles. The first kappa shape index (κ1) is 15.2. The van der Waals surface area contributed by atoms with Gasteiger partial charge in [-0.2, -0.15) is 0 Å². The quantitative estimate of drug-likeness (QED) is 0.771. The van der Waals surface area contributed by atoms with E-state index in [-0.39, 0.29) is 6.04 Å². The molecule has 1 aromatic heterocycles. The highest BCUT2D eigenvalue weighted by molar-refractivity contribution is 5.85. The minimum atomic E-state index is 0.0814. The van der Waals surface area contributed by atoms with Crippen molar-refractivity contribution in [3.63, 3.8) is 0 Å². The van der Waals surface area contributed by atoms with E-state index in [1.54, 1.807) is 6.20 Å². The van der Waals surface area contributed by atoms with Crippen molar-refractivity contribution in [3.05, 3.63) is 71.9 Å². The molecule has 3 aromatic rings. The van der Waals surface area contributed by atoms with Gasteiger partial charge in [0.05, 0.1) is 6.04 Å². The molecular weight excluding hydrogens is 296 g/mol. The van der Waals surface area contributed by atoms with Gasteiger partial charge < -0.3 is 5.11 Å². The zero-order valence-electron chi connectivity index (χ0n) is 13.7. The summed E-state index contributed by atoms with van der Waals surface area (Å²) in [6.45, 7) is 2.14. The number of nitrogens with zero attached hydrogens (tertiary/aromatic N) is 2. The standard InChI is InChI=1S/C21H22N2O/c24-21-18(12-11-16-10-7-13-22-19(16)21)20(17-8-3-1-4-9-17)23-14-5-2-6-15-23/h1,3-4,7-13,20,24H,2,5-6,14-15H2. The van der Waals surface area contributed by atoms with Gasteiger partial charge in [-0.3, -0.25) is 9.88 Å². The van der Waals surface area contributed by atoms with E-state index in [0.717, 1.165) is 24.0 Å². The Morgan fingerprint density at radius 2 is 1.67 bits per heavy atom. The lowest BCUT2D eigenvalue weighted by molar-refractivity contribution is 0.185. The molecule has 2 heterocycles. The van der Waals surface area contributed by atoms with Crippen LogP contribution in [0.4, 0.5) is 0 Å². The van der Waals surface area contributed by atoms with Crippen LogP contribution in [0, 0.1) is 0 Å². The number of piperidine rings is 1. The van der Waals surface area contributed by atoms with E-state index < -0.39 is 0 Å². The Kier molecular flexibility index (Phi) is 4.18. The molecule has 1 aliphatic rings. The van der Waals surface area contributed by atoms with E-state index in [9.17, 15) is 5.11 Å². The third-order valence-corrected chi connectivity index (χ3v) is 4.94.